The number of pyridine rings is 1. The first-order valence-corrected chi connectivity index (χ1v) is 7.76. The summed E-state index contributed by atoms with van der Waals surface area (Å²) in [6.07, 6.45) is 0.614. The summed E-state index contributed by atoms with van der Waals surface area (Å²) >= 11 is 0. The number of hydrogen-bond donors (Lipinski definition) is 2. The fourth-order valence-corrected chi connectivity index (χ4v) is 2.09. The Morgan fingerprint density at radius 3 is 2.56 bits per heavy atom. The molecule has 0 aliphatic rings. The zero-order valence-electron chi connectivity index (χ0n) is 14.3. The smallest absolute Gasteiger partial charge is 0.407 e. The SMILES string of the molecule is Cc1cc(Nc2ccc(CNC(=O)OC(C)C)cc2)ncc1[N+](=O)[O-]. The molecule has 0 saturated heterocycles. The van der Waals surface area contributed by atoms with Crippen molar-refractivity contribution in [2.75, 3.05) is 5.32 Å². The van der Waals surface area contributed by atoms with Gasteiger partial charge in [-0.2, -0.15) is 0 Å². The first-order valence-electron chi connectivity index (χ1n) is 7.76. The number of nitrogens with one attached hydrogen (secondary N) is 2. The molecule has 2 aromatic rings. The average molecular weight is 344 g/mol. The fourth-order valence-electron chi connectivity index (χ4n) is 2.09. The van der Waals surface area contributed by atoms with Crippen LogP contribution in [0.15, 0.2) is 36.5 Å². The molecule has 8 heteroatoms. The molecular weight excluding hydrogens is 324 g/mol. The largest absolute Gasteiger partial charge is 0.447 e. The van der Waals surface area contributed by atoms with Crippen molar-refractivity contribution in [3.05, 3.63) is 57.8 Å². The van der Waals surface area contributed by atoms with Gasteiger partial charge in [0.2, 0.25) is 0 Å². The standard InChI is InChI=1S/C17H20N4O4/c1-11(2)25-17(22)19-9-13-4-6-14(7-5-13)20-16-8-12(3)15(10-18-16)21(23)24/h4-8,10-11H,9H2,1-3H3,(H,18,20)(H,19,22). The summed E-state index contributed by atoms with van der Waals surface area (Å²) in [5.41, 5.74) is 2.22. The number of anilines is 2. The molecule has 2 rings (SSSR count). The lowest BCUT2D eigenvalue weighted by Gasteiger charge is -2.10. The van der Waals surface area contributed by atoms with E-state index in [1.807, 2.05) is 24.3 Å². The number of rotatable bonds is 6. The maximum absolute atomic E-state index is 11.4. The second kappa shape index (κ2) is 8.09. The molecular formula is C17H20N4O4. The minimum absolute atomic E-state index is 0.0137. The number of carbonyl (C=O) groups excluding carboxylic acids is 1. The van der Waals surface area contributed by atoms with E-state index in [1.165, 1.54) is 6.20 Å². The van der Waals surface area contributed by atoms with E-state index in [0.717, 1.165) is 11.3 Å². The topological polar surface area (TPSA) is 106 Å². The molecule has 0 fully saturated rings. The van der Waals surface area contributed by atoms with Gasteiger partial charge in [0.05, 0.1) is 11.0 Å². The lowest BCUT2D eigenvalue weighted by Crippen LogP contribution is -2.26. The van der Waals surface area contributed by atoms with Crippen LogP contribution in [0.4, 0.5) is 22.0 Å². The first kappa shape index (κ1) is 18.2. The molecule has 0 radical (unpaired) electrons. The normalized spacial score (nSPS) is 10.4. The van der Waals surface area contributed by atoms with Gasteiger partial charge in [0.1, 0.15) is 12.0 Å². The zero-order chi connectivity index (χ0) is 18.4. The highest BCUT2D eigenvalue weighted by Gasteiger charge is 2.11. The Hall–Kier alpha value is -3.16. The summed E-state index contributed by atoms with van der Waals surface area (Å²) in [6, 6.07) is 9.01. The minimum Gasteiger partial charge on any atom is -0.447 e. The van der Waals surface area contributed by atoms with Crippen LogP contribution in [0.5, 0.6) is 0 Å². The minimum atomic E-state index is -0.460. The monoisotopic (exact) mass is 344 g/mol. The van der Waals surface area contributed by atoms with Crippen molar-refractivity contribution in [1.29, 1.82) is 0 Å². The van der Waals surface area contributed by atoms with Crippen LogP contribution < -0.4 is 10.6 Å². The van der Waals surface area contributed by atoms with Crippen LogP contribution in [0.2, 0.25) is 0 Å². The molecule has 25 heavy (non-hydrogen) atoms. The van der Waals surface area contributed by atoms with Gasteiger partial charge in [-0.15, -0.1) is 0 Å². The molecule has 0 bridgehead atoms. The third-order valence-electron chi connectivity index (χ3n) is 3.29. The Morgan fingerprint density at radius 1 is 1.32 bits per heavy atom. The molecule has 0 spiro atoms. The van der Waals surface area contributed by atoms with E-state index in [-0.39, 0.29) is 11.8 Å². The summed E-state index contributed by atoms with van der Waals surface area (Å²) in [5.74, 6) is 0.523. The van der Waals surface area contributed by atoms with Crippen molar-refractivity contribution in [3.63, 3.8) is 0 Å². The Balaban J connectivity index is 1.95. The number of alkyl carbamates (subject to hydrolysis) is 1. The van der Waals surface area contributed by atoms with E-state index >= 15 is 0 Å². The highest BCUT2D eigenvalue weighted by molar-refractivity contribution is 5.67. The summed E-state index contributed by atoms with van der Waals surface area (Å²) < 4.78 is 4.99. The fraction of sp³-hybridized carbons (Fsp3) is 0.294. The number of aromatic nitrogens is 1. The highest BCUT2D eigenvalue weighted by Crippen LogP contribution is 2.21. The second-order valence-electron chi connectivity index (χ2n) is 5.74. The van der Waals surface area contributed by atoms with Gasteiger partial charge in [-0.3, -0.25) is 10.1 Å². The summed E-state index contributed by atoms with van der Waals surface area (Å²) in [7, 11) is 0. The number of nitro groups is 1. The maximum Gasteiger partial charge on any atom is 0.407 e. The van der Waals surface area contributed by atoms with Crippen molar-refractivity contribution in [2.45, 2.75) is 33.4 Å². The highest BCUT2D eigenvalue weighted by atomic mass is 16.6. The Labute approximate surface area is 145 Å². The number of nitrogens with zero attached hydrogens (tertiary/aromatic N) is 2. The summed E-state index contributed by atoms with van der Waals surface area (Å²) in [4.78, 5) is 25.8. The van der Waals surface area contributed by atoms with E-state index in [2.05, 4.69) is 15.6 Å². The van der Waals surface area contributed by atoms with Crippen LogP contribution >= 0.6 is 0 Å². The predicted octanol–water partition coefficient (Wildman–Crippen LogP) is 3.68. The number of hydrogen-bond acceptors (Lipinski definition) is 6. The van der Waals surface area contributed by atoms with Gasteiger partial charge in [-0.05, 0) is 44.5 Å². The van der Waals surface area contributed by atoms with E-state index in [4.69, 9.17) is 4.74 Å². The molecule has 0 aliphatic carbocycles. The van der Waals surface area contributed by atoms with E-state index in [0.29, 0.717) is 17.9 Å². The summed E-state index contributed by atoms with van der Waals surface area (Å²) in [6.45, 7) is 5.60. The lowest BCUT2D eigenvalue weighted by atomic mass is 10.2. The van der Waals surface area contributed by atoms with E-state index < -0.39 is 11.0 Å². The van der Waals surface area contributed by atoms with Crippen molar-refractivity contribution in [2.24, 2.45) is 0 Å². The van der Waals surface area contributed by atoms with Crippen LogP contribution in [-0.2, 0) is 11.3 Å². The Morgan fingerprint density at radius 2 is 2.00 bits per heavy atom. The third-order valence-corrected chi connectivity index (χ3v) is 3.29. The zero-order valence-corrected chi connectivity index (χ0v) is 14.3. The second-order valence-corrected chi connectivity index (χ2v) is 5.74. The van der Waals surface area contributed by atoms with Gasteiger partial charge < -0.3 is 15.4 Å². The number of amides is 1. The lowest BCUT2D eigenvalue weighted by molar-refractivity contribution is -0.385. The van der Waals surface area contributed by atoms with Crippen molar-refractivity contribution in [3.8, 4) is 0 Å². The molecule has 0 saturated carbocycles. The van der Waals surface area contributed by atoms with E-state index in [1.54, 1.807) is 26.8 Å². The van der Waals surface area contributed by atoms with Gasteiger partial charge in [-0.1, -0.05) is 12.1 Å². The molecule has 132 valence electrons. The van der Waals surface area contributed by atoms with Gasteiger partial charge in [0, 0.05) is 17.8 Å². The van der Waals surface area contributed by atoms with Crippen LogP contribution in [-0.4, -0.2) is 22.1 Å². The van der Waals surface area contributed by atoms with Crippen LogP contribution in [0.3, 0.4) is 0 Å². The molecule has 0 atom stereocenters. The number of aryl methyl sites for hydroxylation is 1. The van der Waals surface area contributed by atoms with Crippen LogP contribution in [0.25, 0.3) is 0 Å². The molecule has 1 heterocycles. The quantitative estimate of drug-likeness (QED) is 0.611. The summed E-state index contributed by atoms with van der Waals surface area (Å²) in [5, 5.41) is 16.6. The number of ether oxygens (including phenoxy) is 1. The van der Waals surface area contributed by atoms with Crippen molar-refractivity contribution >= 4 is 23.3 Å². The number of carbonyl (C=O) groups is 1. The molecule has 1 aromatic heterocycles. The van der Waals surface area contributed by atoms with Gasteiger partial charge in [0.25, 0.3) is 5.69 Å². The van der Waals surface area contributed by atoms with Gasteiger partial charge in [0.15, 0.2) is 0 Å². The third kappa shape index (κ3) is 5.45. The van der Waals surface area contributed by atoms with Crippen LogP contribution in [0, 0.1) is 17.0 Å². The molecule has 8 nitrogen and oxygen atoms in total. The van der Waals surface area contributed by atoms with Crippen molar-refractivity contribution < 1.29 is 14.5 Å². The predicted molar refractivity (Wildman–Crippen MR) is 93.8 cm³/mol. The van der Waals surface area contributed by atoms with Gasteiger partial charge in [-0.25, -0.2) is 9.78 Å². The molecule has 1 amide bonds. The Kier molecular flexibility index (Phi) is 5.89. The maximum atomic E-state index is 11.4. The Bertz CT molecular complexity index is 760. The first-order chi connectivity index (χ1) is 11.8. The van der Waals surface area contributed by atoms with Gasteiger partial charge >= 0.3 is 6.09 Å². The molecule has 0 unspecified atom stereocenters. The van der Waals surface area contributed by atoms with E-state index in [9.17, 15) is 14.9 Å². The van der Waals surface area contributed by atoms with Crippen molar-refractivity contribution in [1.82, 2.24) is 10.3 Å². The number of benzene rings is 1. The molecule has 2 N–H and O–H groups in total. The molecule has 0 aliphatic heterocycles. The molecule has 1 aromatic carbocycles. The average Bonchev–Trinajstić information content (AvgIpc) is 2.53. The van der Waals surface area contributed by atoms with Crippen LogP contribution in [0.1, 0.15) is 25.0 Å².